The molecule has 0 atom stereocenters. The first-order valence-electron chi connectivity index (χ1n) is 12.1. The third kappa shape index (κ3) is 3.38. The van der Waals surface area contributed by atoms with Crippen LogP contribution in [0.25, 0.3) is 10.2 Å². The number of hydrogen-bond donors (Lipinski definition) is 2. The van der Waals surface area contributed by atoms with E-state index in [-0.39, 0.29) is 17.2 Å². The lowest BCUT2D eigenvalue weighted by Gasteiger charge is -2.55. The lowest BCUT2D eigenvalue weighted by Crippen LogP contribution is -2.53. The van der Waals surface area contributed by atoms with Crippen molar-refractivity contribution in [2.75, 3.05) is 18.8 Å². The number of anilines is 1. The number of nitrogens with one attached hydrogen (secondary N) is 1. The van der Waals surface area contributed by atoms with Gasteiger partial charge in [-0.05, 0) is 74.7 Å². The number of nitrogens with zero attached hydrogens (tertiary/aromatic N) is 3. The minimum absolute atomic E-state index is 0.103. The second-order valence-corrected chi connectivity index (χ2v) is 11.6. The monoisotopic (exact) mass is 453 g/mol. The molecule has 2 aromatic heterocycles. The van der Waals surface area contributed by atoms with Crippen LogP contribution in [-0.4, -0.2) is 39.8 Å². The van der Waals surface area contributed by atoms with Crippen LogP contribution in [0.3, 0.4) is 0 Å². The normalized spacial score (nSPS) is 30.5. The summed E-state index contributed by atoms with van der Waals surface area (Å²) in [5.41, 5.74) is 7.16. The number of amides is 2. The Balaban J connectivity index is 1.01. The molecule has 3 N–H and O–H groups in total. The van der Waals surface area contributed by atoms with Crippen LogP contribution >= 0.6 is 11.3 Å². The lowest BCUT2D eigenvalue weighted by molar-refractivity contribution is -0.146. The average molecular weight is 454 g/mol. The average Bonchev–Trinajstić information content (AvgIpc) is 3.14. The molecule has 0 unspecified atom stereocenters. The summed E-state index contributed by atoms with van der Waals surface area (Å²) in [5.74, 6) is 3.27. The van der Waals surface area contributed by atoms with Crippen LogP contribution in [0, 0.1) is 23.2 Å². The van der Waals surface area contributed by atoms with Gasteiger partial charge in [0, 0.05) is 29.8 Å². The maximum absolute atomic E-state index is 13.1. The van der Waals surface area contributed by atoms with Crippen LogP contribution in [0.2, 0.25) is 0 Å². The summed E-state index contributed by atoms with van der Waals surface area (Å²) in [6.07, 6.45) is 10.8. The standard InChI is InChI=1S/C24H31N5O2S/c25-21-20-17-3-5-29(12-18(17)32-22(20)28-13-27-21)19(30)2-1-4-26-23(31)24-9-14-6-15(10-24)8-16(7-14)11-24/h13-16H,1-12H2,(H,26,31)(H2,25,27,28). The van der Waals surface area contributed by atoms with Gasteiger partial charge in [0.1, 0.15) is 17.0 Å². The number of nitrogens with two attached hydrogens (primary N) is 1. The molecule has 2 amide bonds. The number of carbonyl (C=O) groups is 2. The molecule has 5 aliphatic rings. The second-order valence-electron chi connectivity index (χ2n) is 10.6. The highest BCUT2D eigenvalue weighted by Gasteiger charge is 2.54. The maximum atomic E-state index is 13.1. The van der Waals surface area contributed by atoms with E-state index in [1.54, 1.807) is 11.3 Å². The lowest BCUT2D eigenvalue weighted by atomic mass is 9.49. The molecule has 0 saturated heterocycles. The van der Waals surface area contributed by atoms with E-state index in [2.05, 4.69) is 15.3 Å². The second kappa shape index (κ2) is 7.68. The quantitative estimate of drug-likeness (QED) is 0.677. The number of aromatic nitrogens is 2. The van der Waals surface area contributed by atoms with Crippen LogP contribution in [0.1, 0.15) is 61.8 Å². The van der Waals surface area contributed by atoms with Gasteiger partial charge in [-0.2, -0.15) is 0 Å². The third-order valence-electron chi connectivity index (χ3n) is 8.39. The SMILES string of the molecule is Nc1ncnc2sc3c(c12)CCN(C(=O)CCCNC(=O)C12CC4CC(CC(C4)C1)C2)C3. The molecule has 7 rings (SSSR count). The van der Waals surface area contributed by atoms with E-state index in [1.165, 1.54) is 36.0 Å². The molecule has 8 heteroatoms. The fourth-order valence-electron chi connectivity index (χ4n) is 7.34. The molecule has 4 bridgehead atoms. The molecule has 170 valence electrons. The van der Waals surface area contributed by atoms with Gasteiger partial charge in [-0.1, -0.05) is 0 Å². The van der Waals surface area contributed by atoms with E-state index >= 15 is 0 Å². The van der Waals surface area contributed by atoms with Gasteiger partial charge in [0.15, 0.2) is 0 Å². The first kappa shape index (κ1) is 20.4. The van der Waals surface area contributed by atoms with Crippen molar-refractivity contribution in [2.24, 2.45) is 23.2 Å². The minimum Gasteiger partial charge on any atom is -0.383 e. The Morgan fingerprint density at radius 1 is 1.16 bits per heavy atom. The van der Waals surface area contributed by atoms with Gasteiger partial charge in [0.2, 0.25) is 11.8 Å². The molecule has 32 heavy (non-hydrogen) atoms. The number of rotatable bonds is 5. The zero-order valence-corrected chi connectivity index (χ0v) is 19.3. The molecule has 4 saturated carbocycles. The van der Waals surface area contributed by atoms with Gasteiger partial charge >= 0.3 is 0 Å². The summed E-state index contributed by atoms with van der Waals surface area (Å²) in [5, 5.41) is 4.17. The molecule has 4 fully saturated rings. The molecule has 3 heterocycles. The van der Waals surface area contributed by atoms with Crippen LogP contribution in [-0.2, 0) is 22.6 Å². The summed E-state index contributed by atoms with van der Waals surface area (Å²) in [6.45, 7) is 1.92. The Morgan fingerprint density at radius 2 is 1.88 bits per heavy atom. The predicted octanol–water partition coefficient (Wildman–Crippen LogP) is 3.27. The number of nitrogen functional groups attached to an aromatic ring is 1. The zero-order valence-electron chi connectivity index (χ0n) is 18.4. The fourth-order valence-corrected chi connectivity index (χ4v) is 8.55. The summed E-state index contributed by atoms with van der Waals surface area (Å²) >= 11 is 1.61. The van der Waals surface area contributed by atoms with Crippen molar-refractivity contribution in [3.05, 3.63) is 16.8 Å². The number of thiophene rings is 1. The van der Waals surface area contributed by atoms with Gasteiger partial charge in [0.25, 0.3) is 0 Å². The van der Waals surface area contributed by atoms with E-state index in [0.29, 0.717) is 38.3 Å². The third-order valence-corrected chi connectivity index (χ3v) is 9.52. The van der Waals surface area contributed by atoms with Crippen LogP contribution in [0.15, 0.2) is 6.33 Å². The molecular formula is C24H31N5O2S. The largest absolute Gasteiger partial charge is 0.383 e. The Morgan fingerprint density at radius 3 is 2.59 bits per heavy atom. The molecule has 1 aliphatic heterocycles. The number of fused-ring (bicyclic) bond motifs is 3. The molecule has 0 spiro atoms. The molecule has 0 aromatic carbocycles. The van der Waals surface area contributed by atoms with Crippen molar-refractivity contribution in [2.45, 2.75) is 64.3 Å². The topological polar surface area (TPSA) is 101 Å². The van der Waals surface area contributed by atoms with E-state index in [0.717, 1.165) is 53.7 Å². The molecule has 0 radical (unpaired) electrons. The Hall–Kier alpha value is -2.22. The van der Waals surface area contributed by atoms with Gasteiger partial charge in [-0.25, -0.2) is 9.97 Å². The Bertz CT molecular complexity index is 1040. The van der Waals surface area contributed by atoms with Crippen LogP contribution in [0.4, 0.5) is 5.82 Å². The van der Waals surface area contributed by atoms with Crippen molar-refractivity contribution in [1.82, 2.24) is 20.2 Å². The summed E-state index contributed by atoms with van der Waals surface area (Å²) in [4.78, 5) is 38.4. The van der Waals surface area contributed by atoms with E-state index < -0.39 is 0 Å². The molecular weight excluding hydrogens is 422 g/mol. The highest BCUT2D eigenvalue weighted by molar-refractivity contribution is 7.19. The maximum Gasteiger partial charge on any atom is 0.226 e. The Labute approximate surface area is 192 Å². The fraction of sp³-hybridized carbons (Fsp3) is 0.667. The highest BCUT2D eigenvalue weighted by atomic mass is 32.1. The molecule has 4 aliphatic carbocycles. The predicted molar refractivity (Wildman–Crippen MR) is 124 cm³/mol. The molecule has 2 aromatic rings. The van der Waals surface area contributed by atoms with Crippen LogP contribution in [0.5, 0.6) is 0 Å². The number of carbonyl (C=O) groups excluding carboxylic acids is 2. The van der Waals surface area contributed by atoms with Crippen molar-refractivity contribution >= 4 is 39.2 Å². The molecule has 7 nitrogen and oxygen atoms in total. The van der Waals surface area contributed by atoms with Gasteiger partial charge < -0.3 is 16.0 Å². The minimum atomic E-state index is -0.103. The first-order valence-corrected chi connectivity index (χ1v) is 12.9. The van der Waals surface area contributed by atoms with Gasteiger partial charge in [0.05, 0.1) is 11.9 Å². The van der Waals surface area contributed by atoms with Gasteiger partial charge in [-0.15, -0.1) is 11.3 Å². The van der Waals surface area contributed by atoms with Crippen molar-refractivity contribution in [1.29, 1.82) is 0 Å². The van der Waals surface area contributed by atoms with Crippen molar-refractivity contribution in [3.8, 4) is 0 Å². The van der Waals surface area contributed by atoms with Crippen molar-refractivity contribution < 1.29 is 9.59 Å². The Kier molecular flexibility index (Phi) is 4.89. The van der Waals surface area contributed by atoms with Crippen molar-refractivity contribution in [3.63, 3.8) is 0 Å². The van der Waals surface area contributed by atoms with Crippen LogP contribution < -0.4 is 11.1 Å². The number of hydrogen-bond acceptors (Lipinski definition) is 6. The van der Waals surface area contributed by atoms with E-state index in [1.807, 2.05) is 4.90 Å². The van der Waals surface area contributed by atoms with Gasteiger partial charge in [-0.3, -0.25) is 9.59 Å². The highest BCUT2D eigenvalue weighted by Crippen LogP contribution is 2.60. The van der Waals surface area contributed by atoms with E-state index in [9.17, 15) is 9.59 Å². The zero-order chi connectivity index (χ0) is 21.9. The van der Waals surface area contributed by atoms with E-state index in [4.69, 9.17) is 5.73 Å². The first-order chi connectivity index (χ1) is 15.5. The summed E-state index contributed by atoms with van der Waals surface area (Å²) in [7, 11) is 0. The summed E-state index contributed by atoms with van der Waals surface area (Å²) in [6, 6.07) is 0. The summed E-state index contributed by atoms with van der Waals surface area (Å²) < 4.78 is 0. The smallest absolute Gasteiger partial charge is 0.226 e.